The van der Waals surface area contributed by atoms with Gasteiger partial charge in [-0.3, -0.25) is 0 Å². The Kier molecular flexibility index (Phi) is 6.31. The van der Waals surface area contributed by atoms with Gasteiger partial charge in [0.1, 0.15) is 30.3 Å². The van der Waals surface area contributed by atoms with Crippen molar-refractivity contribution in [1.29, 1.82) is 0 Å². The van der Waals surface area contributed by atoms with Crippen molar-refractivity contribution in [1.82, 2.24) is 4.90 Å². The van der Waals surface area contributed by atoms with E-state index in [1.807, 2.05) is 61.5 Å². The van der Waals surface area contributed by atoms with Crippen molar-refractivity contribution in [3.63, 3.8) is 0 Å². The standard InChI is InChI=1S/C21H27NO3/c1-17-7-9-19(10-8-17)24-16-18(23)15-22-13-11-21(12-14-22)25-20-5-3-2-4-6-20/h2-10,18,21,23H,11-16H2,1H3. The molecule has 0 bridgehead atoms. The Hall–Kier alpha value is -2.04. The van der Waals surface area contributed by atoms with E-state index in [-0.39, 0.29) is 6.10 Å². The van der Waals surface area contributed by atoms with Crippen LogP contribution in [0.25, 0.3) is 0 Å². The molecule has 1 fully saturated rings. The number of β-amino-alcohol motifs (C(OH)–C–C–N with tert-alkyl or cyclic N) is 1. The summed E-state index contributed by atoms with van der Waals surface area (Å²) in [6.45, 7) is 4.90. The highest BCUT2D eigenvalue weighted by atomic mass is 16.5. The average Bonchev–Trinajstić information content (AvgIpc) is 2.64. The Morgan fingerprint density at radius 2 is 1.68 bits per heavy atom. The molecule has 3 rings (SSSR count). The van der Waals surface area contributed by atoms with E-state index in [4.69, 9.17) is 9.47 Å². The van der Waals surface area contributed by atoms with Crippen LogP contribution in [0.15, 0.2) is 54.6 Å². The van der Waals surface area contributed by atoms with Crippen molar-refractivity contribution < 1.29 is 14.6 Å². The van der Waals surface area contributed by atoms with Crippen LogP contribution in [0.1, 0.15) is 18.4 Å². The highest BCUT2D eigenvalue weighted by Crippen LogP contribution is 2.19. The van der Waals surface area contributed by atoms with Crippen molar-refractivity contribution in [2.75, 3.05) is 26.2 Å². The van der Waals surface area contributed by atoms with Crippen LogP contribution in [0.3, 0.4) is 0 Å². The molecule has 134 valence electrons. The maximum atomic E-state index is 10.2. The number of aliphatic hydroxyl groups excluding tert-OH is 1. The summed E-state index contributed by atoms with van der Waals surface area (Å²) in [5, 5.41) is 10.2. The van der Waals surface area contributed by atoms with Crippen molar-refractivity contribution in [2.24, 2.45) is 0 Å². The van der Waals surface area contributed by atoms with Gasteiger partial charge in [0.2, 0.25) is 0 Å². The maximum Gasteiger partial charge on any atom is 0.119 e. The summed E-state index contributed by atoms with van der Waals surface area (Å²) < 4.78 is 11.7. The third kappa shape index (κ3) is 5.76. The lowest BCUT2D eigenvalue weighted by molar-refractivity contribution is 0.0401. The lowest BCUT2D eigenvalue weighted by Crippen LogP contribution is -2.43. The quantitative estimate of drug-likeness (QED) is 0.839. The van der Waals surface area contributed by atoms with Crippen molar-refractivity contribution in [3.05, 3.63) is 60.2 Å². The first-order valence-electron chi connectivity index (χ1n) is 9.00. The summed E-state index contributed by atoms with van der Waals surface area (Å²) >= 11 is 0. The zero-order valence-electron chi connectivity index (χ0n) is 14.8. The van der Waals surface area contributed by atoms with Gasteiger partial charge in [0, 0.05) is 19.6 Å². The van der Waals surface area contributed by atoms with Crippen LogP contribution in [0.4, 0.5) is 0 Å². The van der Waals surface area contributed by atoms with Gasteiger partial charge in [-0.1, -0.05) is 35.9 Å². The molecule has 1 aliphatic heterocycles. The first-order valence-corrected chi connectivity index (χ1v) is 9.00. The van der Waals surface area contributed by atoms with E-state index in [0.717, 1.165) is 37.4 Å². The molecule has 0 amide bonds. The third-order valence-corrected chi connectivity index (χ3v) is 4.51. The molecule has 0 radical (unpaired) electrons. The number of hydrogen-bond acceptors (Lipinski definition) is 4. The molecular weight excluding hydrogens is 314 g/mol. The van der Waals surface area contributed by atoms with Crippen LogP contribution in [0, 0.1) is 6.92 Å². The first kappa shape index (κ1) is 17.8. The highest BCUT2D eigenvalue weighted by molar-refractivity contribution is 5.26. The number of para-hydroxylation sites is 1. The molecule has 2 aromatic carbocycles. The molecule has 4 heteroatoms. The van der Waals surface area contributed by atoms with Crippen molar-refractivity contribution >= 4 is 0 Å². The molecule has 0 aromatic heterocycles. The number of likely N-dealkylation sites (tertiary alicyclic amines) is 1. The molecule has 1 aliphatic rings. The topological polar surface area (TPSA) is 41.9 Å². The van der Waals surface area contributed by atoms with Gasteiger partial charge in [-0.25, -0.2) is 0 Å². The van der Waals surface area contributed by atoms with E-state index >= 15 is 0 Å². The largest absolute Gasteiger partial charge is 0.491 e. The zero-order valence-corrected chi connectivity index (χ0v) is 14.8. The first-order chi connectivity index (χ1) is 12.2. The summed E-state index contributed by atoms with van der Waals surface area (Å²) in [5.74, 6) is 1.74. The van der Waals surface area contributed by atoms with E-state index in [1.165, 1.54) is 5.56 Å². The summed E-state index contributed by atoms with van der Waals surface area (Å²) in [4.78, 5) is 2.29. The SMILES string of the molecule is Cc1ccc(OCC(O)CN2CCC(Oc3ccccc3)CC2)cc1. The monoisotopic (exact) mass is 341 g/mol. The summed E-state index contributed by atoms with van der Waals surface area (Å²) in [6, 6.07) is 17.9. The van der Waals surface area contributed by atoms with Crippen LogP contribution in [-0.4, -0.2) is 48.5 Å². The molecule has 1 unspecified atom stereocenters. The Balaban J connectivity index is 1.36. The van der Waals surface area contributed by atoms with Crippen LogP contribution >= 0.6 is 0 Å². The lowest BCUT2D eigenvalue weighted by Gasteiger charge is -2.33. The Bertz CT molecular complexity index is 621. The average molecular weight is 341 g/mol. The van der Waals surface area contributed by atoms with Gasteiger partial charge in [0.15, 0.2) is 0 Å². The fourth-order valence-corrected chi connectivity index (χ4v) is 3.08. The van der Waals surface area contributed by atoms with E-state index in [1.54, 1.807) is 0 Å². The van der Waals surface area contributed by atoms with Gasteiger partial charge >= 0.3 is 0 Å². The van der Waals surface area contributed by atoms with E-state index in [2.05, 4.69) is 4.90 Å². The number of ether oxygens (including phenoxy) is 2. The smallest absolute Gasteiger partial charge is 0.119 e. The van der Waals surface area contributed by atoms with E-state index in [9.17, 15) is 5.11 Å². The molecule has 1 heterocycles. The Labute approximate surface area is 150 Å². The number of aryl methyl sites for hydroxylation is 1. The second-order valence-electron chi connectivity index (χ2n) is 6.71. The van der Waals surface area contributed by atoms with Crippen LogP contribution in [-0.2, 0) is 0 Å². The van der Waals surface area contributed by atoms with Gasteiger partial charge < -0.3 is 19.5 Å². The van der Waals surface area contributed by atoms with Crippen molar-refractivity contribution in [3.8, 4) is 11.5 Å². The molecule has 2 aromatic rings. The number of aliphatic hydroxyl groups is 1. The van der Waals surface area contributed by atoms with Crippen LogP contribution in [0.2, 0.25) is 0 Å². The highest BCUT2D eigenvalue weighted by Gasteiger charge is 2.22. The van der Waals surface area contributed by atoms with Gasteiger partial charge in [-0.15, -0.1) is 0 Å². The normalized spacial score (nSPS) is 17.2. The molecule has 25 heavy (non-hydrogen) atoms. The number of hydrogen-bond donors (Lipinski definition) is 1. The van der Waals surface area contributed by atoms with Gasteiger partial charge in [0.25, 0.3) is 0 Å². The minimum atomic E-state index is -0.479. The Morgan fingerprint density at radius 1 is 1.00 bits per heavy atom. The summed E-state index contributed by atoms with van der Waals surface area (Å²) in [5.41, 5.74) is 1.20. The number of rotatable bonds is 7. The molecule has 4 nitrogen and oxygen atoms in total. The molecular formula is C21H27NO3. The molecule has 1 atom stereocenters. The molecule has 1 saturated heterocycles. The molecule has 1 N–H and O–H groups in total. The fraction of sp³-hybridized carbons (Fsp3) is 0.429. The summed E-state index contributed by atoms with van der Waals surface area (Å²) in [6.07, 6.45) is 1.76. The Morgan fingerprint density at radius 3 is 2.36 bits per heavy atom. The minimum Gasteiger partial charge on any atom is -0.491 e. The number of piperidine rings is 1. The van der Waals surface area contributed by atoms with Gasteiger partial charge in [0.05, 0.1) is 0 Å². The summed E-state index contributed by atoms with van der Waals surface area (Å²) in [7, 11) is 0. The zero-order chi connectivity index (χ0) is 17.5. The molecule has 0 saturated carbocycles. The second-order valence-corrected chi connectivity index (χ2v) is 6.71. The fourth-order valence-electron chi connectivity index (χ4n) is 3.08. The number of nitrogens with zero attached hydrogens (tertiary/aromatic N) is 1. The molecule has 0 spiro atoms. The minimum absolute atomic E-state index is 0.264. The second kappa shape index (κ2) is 8.88. The predicted octanol–water partition coefficient (Wildman–Crippen LogP) is 3.28. The van der Waals surface area contributed by atoms with E-state index in [0.29, 0.717) is 13.2 Å². The van der Waals surface area contributed by atoms with Gasteiger partial charge in [-0.2, -0.15) is 0 Å². The van der Waals surface area contributed by atoms with Gasteiger partial charge in [-0.05, 0) is 44.0 Å². The van der Waals surface area contributed by atoms with Crippen LogP contribution in [0.5, 0.6) is 11.5 Å². The third-order valence-electron chi connectivity index (χ3n) is 4.51. The number of benzene rings is 2. The maximum absolute atomic E-state index is 10.2. The van der Waals surface area contributed by atoms with Crippen molar-refractivity contribution in [2.45, 2.75) is 32.0 Å². The van der Waals surface area contributed by atoms with Crippen LogP contribution < -0.4 is 9.47 Å². The molecule has 0 aliphatic carbocycles. The lowest BCUT2D eigenvalue weighted by atomic mass is 10.1. The van der Waals surface area contributed by atoms with E-state index < -0.39 is 6.10 Å². The predicted molar refractivity (Wildman–Crippen MR) is 99.2 cm³/mol.